The SMILES string of the molecule is COc1cc(C=Cc2cc(C=Cc3cc(OC)c(OC)c(OC)c3)nc(SCCCC(F)(F)C(F)(F)F)n2)cc(OC)c1OC. The van der Waals surface area contributed by atoms with Crippen LogP contribution in [0.25, 0.3) is 24.3 Å². The fourth-order valence-electron chi connectivity index (χ4n) is 4.06. The number of nitrogens with zero attached hydrogens (tertiary/aromatic N) is 2. The molecule has 1 heterocycles. The van der Waals surface area contributed by atoms with Crippen LogP contribution < -0.4 is 28.4 Å². The van der Waals surface area contributed by atoms with E-state index < -0.39 is 24.9 Å². The largest absolute Gasteiger partial charge is 0.493 e. The number of alkyl halides is 5. The van der Waals surface area contributed by atoms with Gasteiger partial charge in [-0.25, -0.2) is 9.97 Å². The topological polar surface area (TPSA) is 81.2 Å². The number of benzene rings is 2. The third-order valence-electron chi connectivity index (χ3n) is 6.29. The second-order valence-electron chi connectivity index (χ2n) is 9.24. The molecule has 8 nitrogen and oxygen atoms in total. The molecule has 0 unspecified atom stereocenters. The van der Waals surface area contributed by atoms with E-state index in [0.717, 1.165) is 11.8 Å². The zero-order valence-electron chi connectivity index (χ0n) is 25.5. The average Bonchev–Trinajstić information content (AvgIpc) is 3.02. The second kappa shape index (κ2) is 15.7. The van der Waals surface area contributed by atoms with Gasteiger partial charge in [0.1, 0.15) is 0 Å². The monoisotopic (exact) mass is 656 g/mol. The molecule has 0 fully saturated rings. The van der Waals surface area contributed by atoms with Crippen molar-refractivity contribution in [1.29, 1.82) is 0 Å². The Morgan fingerprint density at radius 3 is 1.33 bits per heavy atom. The van der Waals surface area contributed by atoms with E-state index >= 15 is 0 Å². The van der Waals surface area contributed by atoms with Crippen LogP contribution in [0.3, 0.4) is 0 Å². The minimum atomic E-state index is -5.60. The standard InChI is InChI=1S/C31H33F5N2O6S/c1-39-23-14-19(15-24(40-2)27(23)43-5)8-10-21-18-22(11-9-20-16-25(41-3)28(44-6)26(17-20)42-4)38-29(37-21)45-13-7-12-30(32,33)31(34,35)36/h8-11,14-18H,7,12-13H2,1-6H3. The number of ether oxygens (including phenoxy) is 6. The number of aromatic nitrogens is 2. The second-order valence-corrected chi connectivity index (χ2v) is 10.3. The van der Waals surface area contributed by atoms with Crippen molar-refractivity contribution in [3.63, 3.8) is 0 Å². The van der Waals surface area contributed by atoms with Crippen LogP contribution in [-0.4, -0.2) is 70.5 Å². The highest BCUT2D eigenvalue weighted by molar-refractivity contribution is 7.99. The molecular weight excluding hydrogens is 623 g/mol. The van der Waals surface area contributed by atoms with Crippen molar-refractivity contribution in [1.82, 2.24) is 9.97 Å². The third kappa shape index (κ3) is 9.16. The summed E-state index contributed by atoms with van der Waals surface area (Å²) >= 11 is 0.974. The van der Waals surface area contributed by atoms with Gasteiger partial charge >= 0.3 is 12.1 Å². The van der Waals surface area contributed by atoms with Gasteiger partial charge in [0.2, 0.25) is 11.5 Å². The van der Waals surface area contributed by atoms with E-state index in [1.54, 1.807) is 54.6 Å². The average molecular weight is 657 g/mol. The van der Waals surface area contributed by atoms with Crippen LogP contribution in [0.2, 0.25) is 0 Å². The van der Waals surface area contributed by atoms with Gasteiger partial charge in [-0.15, -0.1) is 0 Å². The lowest BCUT2D eigenvalue weighted by molar-refractivity contribution is -0.284. The Morgan fingerprint density at radius 1 is 0.600 bits per heavy atom. The lowest BCUT2D eigenvalue weighted by Gasteiger charge is -2.18. The Morgan fingerprint density at radius 2 is 1.00 bits per heavy atom. The van der Waals surface area contributed by atoms with Gasteiger partial charge < -0.3 is 28.4 Å². The summed E-state index contributed by atoms with van der Waals surface area (Å²) in [5.74, 6) is -2.20. The molecule has 0 atom stereocenters. The van der Waals surface area contributed by atoms with Crippen molar-refractivity contribution in [2.24, 2.45) is 0 Å². The summed E-state index contributed by atoms with van der Waals surface area (Å²) in [6, 6.07) is 8.63. The molecule has 0 bridgehead atoms. The first kappa shape index (κ1) is 35.3. The summed E-state index contributed by atoms with van der Waals surface area (Å²) in [5.41, 5.74) is 2.29. The predicted octanol–water partition coefficient (Wildman–Crippen LogP) is 7.94. The number of thioether (sulfide) groups is 1. The van der Waals surface area contributed by atoms with Crippen molar-refractivity contribution in [2.75, 3.05) is 48.4 Å². The summed E-state index contributed by atoms with van der Waals surface area (Å²) in [6.07, 6.45) is -0.449. The third-order valence-corrected chi connectivity index (χ3v) is 7.23. The molecule has 0 saturated carbocycles. The molecular formula is C31H33F5N2O6S. The van der Waals surface area contributed by atoms with Gasteiger partial charge in [-0.05, 0) is 60.0 Å². The van der Waals surface area contributed by atoms with Crippen LogP contribution >= 0.6 is 11.8 Å². The zero-order valence-corrected chi connectivity index (χ0v) is 26.3. The Hall–Kier alpha value is -4.20. The predicted molar refractivity (Wildman–Crippen MR) is 163 cm³/mol. The molecule has 0 N–H and O–H groups in total. The van der Waals surface area contributed by atoms with Crippen molar-refractivity contribution in [2.45, 2.75) is 30.1 Å². The number of halogens is 5. The van der Waals surface area contributed by atoms with E-state index in [2.05, 4.69) is 9.97 Å². The van der Waals surface area contributed by atoms with Crippen LogP contribution in [0.4, 0.5) is 22.0 Å². The maximum atomic E-state index is 13.4. The highest BCUT2D eigenvalue weighted by Gasteiger charge is 2.56. The van der Waals surface area contributed by atoms with Gasteiger partial charge in [-0.3, -0.25) is 0 Å². The smallest absolute Gasteiger partial charge is 0.453 e. The van der Waals surface area contributed by atoms with E-state index in [4.69, 9.17) is 28.4 Å². The van der Waals surface area contributed by atoms with E-state index in [1.807, 2.05) is 0 Å². The maximum Gasteiger partial charge on any atom is 0.453 e. The van der Waals surface area contributed by atoms with Crippen molar-refractivity contribution < 1.29 is 50.4 Å². The molecule has 1 aromatic heterocycles. The first-order valence-corrected chi connectivity index (χ1v) is 14.3. The van der Waals surface area contributed by atoms with Crippen LogP contribution in [0.5, 0.6) is 34.5 Å². The fourth-order valence-corrected chi connectivity index (χ4v) is 4.87. The molecule has 45 heavy (non-hydrogen) atoms. The van der Waals surface area contributed by atoms with Gasteiger partial charge in [-0.1, -0.05) is 23.9 Å². The Labute approximate surface area is 262 Å². The van der Waals surface area contributed by atoms with Gasteiger partial charge in [0.05, 0.1) is 54.0 Å². The number of methoxy groups -OCH3 is 6. The van der Waals surface area contributed by atoms with Gasteiger partial charge in [0, 0.05) is 12.2 Å². The molecule has 0 aliphatic rings. The summed E-state index contributed by atoms with van der Waals surface area (Å²) in [6.45, 7) is 0. The molecule has 14 heteroatoms. The van der Waals surface area contributed by atoms with Crippen molar-refractivity contribution in [3.8, 4) is 34.5 Å². The molecule has 3 rings (SSSR count). The van der Waals surface area contributed by atoms with E-state index in [1.165, 1.54) is 42.7 Å². The van der Waals surface area contributed by atoms with Gasteiger partial charge in [0.15, 0.2) is 28.2 Å². The number of hydrogen-bond acceptors (Lipinski definition) is 9. The number of hydrogen-bond donors (Lipinski definition) is 0. The Kier molecular flexibility index (Phi) is 12.3. The lowest BCUT2D eigenvalue weighted by atomic mass is 10.1. The molecule has 0 aliphatic carbocycles. The normalized spacial score (nSPS) is 12.1. The van der Waals surface area contributed by atoms with Crippen molar-refractivity contribution in [3.05, 3.63) is 52.8 Å². The Balaban J connectivity index is 1.96. The molecule has 0 aliphatic heterocycles. The first-order valence-electron chi connectivity index (χ1n) is 13.3. The maximum absolute atomic E-state index is 13.4. The summed E-state index contributed by atoms with van der Waals surface area (Å²) in [4.78, 5) is 8.92. The first-order chi connectivity index (χ1) is 21.4. The molecule has 0 spiro atoms. The van der Waals surface area contributed by atoms with E-state index in [9.17, 15) is 22.0 Å². The highest BCUT2D eigenvalue weighted by Crippen LogP contribution is 2.41. The quantitative estimate of drug-likeness (QED) is 0.0701. The molecule has 244 valence electrons. The van der Waals surface area contributed by atoms with Crippen molar-refractivity contribution >= 4 is 36.1 Å². The zero-order chi connectivity index (χ0) is 33.2. The molecule has 2 aromatic carbocycles. The van der Waals surface area contributed by atoms with Gasteiger partial charge in [0.25, 0.3) is 0 Å². The molecule has 3 aromatic rings. The Bertz CT molecular complexity index is 1370. The van der Waals surface area contributed by atoms with Crippen LogP contribution in [-0.2, 0) is 0 Å². The minimum absolute atomic E-state index is 0.0538. The molecule has 0 amide bonds. The summed E-state index contributed by atoms with van der Waals surface area (Å²) in [7, 11) is 8.97. The van der Waals surface area contributed by atoms with Crippen LogP contribution in [0, 0.1) is 0 Å². The molecule has 0 radical (unpaired) electrons. The fraction of sp³-hybridized carbons (Fsp3) is 0.355. The summed E-state index contributed by atoms with van der Waals surface area (Å²) in [5, 5.41) is 0.196. The highest BCUT2D eigenvalue weighted by atomic mass is 32.2. The van der Waals surface area contributed by atoms with E-state index in [0.29, 0.717) is 57.0 Å². The van der Waals surface area contributed by atoms with Gasteiger partial charge in [-0.2, -0.15) is 22.0 Å². The lowest BCUT2D eigenvalue weighted by Crippen LogP contribution is -2.36. The summed E-state index contributed by atoms with van der Waals surface area (Å²) < 4.78 is 96.8. The number of rotatable bonds is 15. The van der Waals surface area contributed by atoms with Crippen LogP contribution in [0.1, 0.15) is 35.4 Å². The van der Waals surface area contributed by atoms with E-state index in [-0.39, 0.29) is 10.9 Å². The van der Waals surface area contributed by atoms with Crippen LogP contribution in [0.15, 0.2) is 35.5 Å². The minimum Gasteiger partial charge on any atom is -0.493 e. The molecule has 0 saturated heterocycles.